The van der Waals surface area contributed by atoms with Gasteiger partial charge in [0.1, 0.15) is 0 Å². The molecule has 2 heterocycles. The van der Waals surface area contributed by atoms with Gasteiger partial charge in [0.25, 0.3) is 5.91 Å². The van der Waals surface area contributed by atoms with Crippen LogP contribution in [0.4, 0.5) is 0 Å². The molecule has 1 aliphatic rings. The number of thiazole rings is 1. The van der Waals surface area contributed by atoms with E-state index in [1.165, 1.54) is 39.9 Å². The fourth-order valence-electron chi connectivity index (χ4n) is 4.41. The maximum Gasteiger partial charge on any atom is 0.338 e. The number of hydrogen-bond acceptors (Lipinski definition) is 8. The summed E-state index contributed by atoms with van der Waals surface area (Å²) in [5, 5.41) is 0. The smallest absolute Gasteiger partial charge is 0.338 e. The Morgan fingerprint density at radius 3 is 2.33 bits per heavy atom. The van der Waals surface area contributed by atoms with Crippen molar-refractivity contribution in [1.82, 2.24) is 8.87 Å². The summed E-state index contributed by atoms with van der Waals surface area (Å²) in [6, 6.07) is 11.0. The summed E-state index contributed by atoms with van der Waals surface area (Å²) in [4.78, 5) is 30.2. The lowest BCUT2D eigenvalue weighted by Gasteiger charge is -2.34. The van der Waals surface area contributed by atoms with Crippen molar-refractivity contribution in [3.63, 3.8) is 0 Å². The molecule has 1 aromatic heterocycles. The summed E-state index contributed by atoms with van der Waals surface area (Å²) in [5.74, 6) is -0.922. The average Bonchev–Trinajstić information content (AvgIpc) is 3.24. The zero-order chi connectivity index (χ0) is 28.2. The topological polar surface area (TPSA) is 117 Å². The van der Waals surface area contributed by atoms with Crippen molar-refractivity contribution in [1.29, 1.82) is 0 Å². The number of carbonyl (C=O) groups excluding carboxylic acids is 2. The standard InChI is InChI=1S/C27H33N3O7S2/c1-5-35-14-13-30-23-12-9-21(26(32)36-6-2)15-24(23)38-27(30)28-25(31)20-7-10-22(11-8-20)39(33,34)29-16-18(3)37-19(4)17-29/h7-12,15,18-19H,5-6,13-14,16-17H2,1-4H3. The third kappa shape index (κ3) is 6.64. The van der Waals surface area contributed by atoms with Crippen molar-refractivity contribution in [2.75, 3.05) is 32.9 Å². The number of carbonyl (C=O) groups is 2. The van der Waals surface area contributed by atoms with Gasteiger partial charge in [-0.15, -0.1) is 0 Å². The van der Waals surface area contributed by atoms with Gasteiger partial charge in [0.2, 0.25) is 10.0 Å². The van der Waals surface area contributed by atoms with Crippen LogP contribution >= 0.6 is 11.3 Å². The lowest BCUT2D eigenvalue weighted by Crippen LogP contribution is -2.48. The van der Waals surface area contributed by atoms with Gasteiger partial charge in [0.15, 0.2) is 4.80 Å². The van der Waals surface area contributed by atoms with Crippen LogP contribution in [0.1, 0.15) is 48.4 Å². The molecule has 10 nitrogen and oxygen atoms in total. The molecular formula is C27H33N3O7S2. The molecule has 12 heteroatoms. The van der Waals surface area contributed by atoms with Crippen LogP contribution in [0.2, 0.25) is 0 Å². The number of sulfonamides is 1. The van der Waals surface area contributed by atoms with Crippen LogP contribution in [0.25, 0.3) is 10.2 Å². The van der Waals surface area contributed by atoms with Crippen LogP contribution in [0, 0.1) is 0 Å². The number of nitrogens with zero attached hydrogens (tertiary/aromatic N) is 3. The summed E-state index contributed by atoms with van der Waals surface area (Å²) in [7, 11) is -3.72. The van der Waals surface area contributed by atoms with E-state index in [1.54, 1.807) is 25.1 Å². The summed E-state index contributed by atoms with van der Waals surface area (Å²) in [6.07, 6.45) is -0.403. The molecule has 3 aromatic rings. The molecule has 2 atom stereocenters. The first kappa shape index (κ1) is 29.1. The number of hydrogen-bond donors (Lipinski definition) is 0. The van der Waals surface area contributed by atoms with Gasteiger partial charge < -0.3 is 18.8 Å². The van der Waals surface area contributed by atoms with Gasteiger partial charge in [-0.05, 0) is 70.2 Å². The zero-order valence-electron chi connectivity index (χ0n) is 22.5. The minimum absolute atomic E-state index is 0.112. The maximum absolute atomic E-state index is 13.2. The van der Waals surface area contributed by atoms with E-state index in [0.29, 0.717) is 30.1 Å². The number of rotatable bonds is 9. The first-order valence-corrected chi connectivity index (χ1v) is 15.1. The highest BCUT2D eigenvalue weighted by molar-refractivity contribution is 7.89. The number of benzene rings is 2. The predicted molar refractivity (Wildman–Crippen MR) is 147 cm³/mol. The van der Waals surface area contributed by atoms with E-state index in [0.717, 1.165) is 10.2 Å². The molecule has 1 amide bonds. The molecule has 1 saturated heterocycles. The minimum atomic E-state index is -3.72. The van der Waals surface area contributed by atoms with Crippen molar-refractivity contribution < 1.29 is 32.2 Å². The second kappa shape index (κ2) is 12.5. The van der Waals surface area contributed by atoms with E-state index in [2.05, 4.69) is 4.99 Å². The molecule has 1 aliphatic heterocycles. The molecule has 1 fully saturated rings. The van der Waals surface area contributed by atoms with Gasteiger partial charge in [0, 0.05) is 31.8 Å². The van der Waals surface area contributed by atoms with Crippen molar-refractivity contribution in [2.45, 2.75) is 51.3 Å². The van der Waals surface area contributed by atoms with Gasteiger partial charge in [-0.2, -0.15) is 9.30 Å². The van der Waals surface area contributed by atoms with E-state index in [4.69, 9.17) is 14.2 Å². The lowest BCUT2D eigenvalue weighted by molar-refractivity contribution is -0.0440. The van der Waals surface area contributed by atoms with Crippen LogP contribution in [0.3, 0.4) is 0 Å². The van der Waals surface area contributed by atoms with Crippen LogP contribution in [0.5, 0.6) is 0 Å². The number of aromatic nitrogens is 1. The Morgan fingerprint density at radius 2 is 1.69 bits per heavy atom. The number of ether oxygens (including phenoxy) is 3. The summed E-state index contributed by atoms with van der Waals surface area (Å²) in [6.45, 7) is 9.59. The third-order valence-electron chi connectivity index (χ3n) is 6.18. The average molecular weight is 576 g/mol. The Labute approximate surface area is 231 Å². The zero-order valence-corrected chi connectivity index (χ0v) is 24.1. The quantitative estimate of drug-likeness (QED) is 0.283. The van der Waals surface area contributed by atoms with E-state index < -0.39 is 21.9 Å². The van der Waals surface area contributed by atoms with E-state index in [9.17, 15) is 18.0 Å². The summed E-state index contributed by atoms with van der Waals surface area (Å²) in [5.41, 5.74) is 1.50. The third-order valence-corrected chi connectivity index (χ3v) is 9.07. The van der Waals surface area contributed by atoms with Crippen molar-refractivity contribution in [3.05, 3.63) is 58.4 Å². The normalized spacial score (nSPS) is 18.9. The van der Waals surface area contributed by atoms with Crippen molar-refractivity contribution >= 4 is 43.5 Å². The Kier molecular flexibility index (Phi) is 9.34. The Morgan fingerprint density at radius 1 is 1.03 bits per heavy atom. The minimum Gasteiger partial charge on any atom is -0.462 e. The van der Waals surface area contributed by atoms with E-state index >= 15 is 0 Å². The van der Waals surface area contributed by atoms with Gasteiger partial charge >= 0.3 is 5.97 Å². The molecule has 0 saturated carbocycles. The monoisotopic (exact) mass is 575 g/mol. The maximum atomic E-state index is 13.2. The Bertz CT molecular complexity index is 1500. The van der Waals surface area contributed by atoms with E-state index in [-0.39, 0.29) is 42.4 Å². The van der Waals surface area contributed by atoms with Gasteiger partial charge in [0.05, 0.1) is 46.1 Å². The van der Waals surface area contributed by atoms with E-state index in [1.807, 2.05) is 25.3 Å². The number of amides is 1. The second-order valence-electron chi connectivity index (χ2n) is 9.16. The highest BCUT2D eigenvalue weighted by atomic mass is 32.2. The molecule has 2 aromatic carbocycles. The SMILES string of the molecule is CCOCCn1c(=NC(=O)c2ccc(S(=O)(=O)N3CC(C)OC(C)C3)cc2)sc2cc(C(=O)OCC)ccc21. The van der Waals surface area contributed by atoms with Crippen LogP contribution in [-0.2, 0) is 30.8 Å². The fourth-order valence-corrected chi connectivity index (χ4v) is 7.10. The Hall–Kier alpha value is -2.90. The van der Waals surface area contributed by atoms with Crippen LogP contribution < -0.4 is 4.80 Å². The lowest BCUT2D eigenvalue weighted by atomic mass is 10.2. The second-order valence-corrected chi connectivity index (χ2v) is 12.1. The molecule has 39 heavy (non-hydrogen) atoms. The molecule has 2 unspecified atom stereocenters. The molecule has 0 spiro atoms. The van der Waals surface area contributed by atoms with Crippen molar-refractivity contribution in [3.8, 4) is 0 Å². The van der Waals surface area contributed by atoms with Crippen LogP contribution in [0.15, 0.2) is 52.4 Å². The Balaban J connectivity index is 1.64. The summed E-state index contributed by atoms with van der Waals surface area (Å²) < 4.78 is 46.6. The highest BCUT2D eigenvalue weighted by Crippen LogP contribution is 2.23. The van der Waals surface area contributed by atoms with Crippen molar-refractivity contribution in [2.24, 2.45) is 4.99 Å². The molecule has 0 radical (unpaired) electrons. The molecule has 0 N–H and O–H groups in total. The number of morpholine rings is 1. The molecule has 0 bridgehead atoms. The highest BCUT2D eigenvalue weighted by Gasteiger charge is 2.32. The number of fused-ring (bicyclic) bond motifs is 1. The molecule has 0 aliphatic carbocycles. The molecular weight excluding hydrogens is 542 g/mol. The van der Waals surface area contributed by atoms with Gasteiger partial charge in [-0.1, -0.05) is 11.3 Å². The molecule has 210 valence electrons. The first-order valence-electron chi connectivity index (χ1n) is 12.9. The van der Waals surface area contributed by atoms with Gasteiger partial charge in [-0.25, -0.2) is 13.2 Å². The predicted octanol–water partition coefficient (Wildman–Crippen LogP) is 3.46. The molecule has 4 rings (SSSR count). The first-order chi connectivity index (χ1) is 18.6. The fraction of sp³-hybridized carbons (Fsp3) is 0.444. The summed E-state index contributed by atoms with van der Waals surface area (Å²) >= 11 is 1.28. The van der Waals surface area contributed by atoms with Crippen LogP contribution in [-0.4, -0.2) is 74.3 Å². The number of esters is 1. The largest absolute Gasteiger partial charge is 0.462 e. The van der Waals surface area contributed by atoms with Gasteiger partial charge in [-0.3, -0.25) is 4.79 Å².